The molecular weight excluding hydrogens is 224 g/mol. The third-order valence-corrected chi connectivity index (χ3v) is 3.12. The van der Waals surface area contributed by atoms with Crippen LogP contribution in [-0.2, 0) is 0 Å². The van der Waals surface area contributed by atoms with Crippen LogP contribution in [0, 0.1) is 11.3 Å². The number of aliphatic hydroxyl groups excluding tert-OH is 1. The zero-order chi connectivity index (χ0) is 13.5. The van der Waals surface area contributed by atoms with Gasteiger partial charge >= 0.3 is 0 Å². The van der Waals surface area contributed by atoms with Crippen molar-refractivity contribution in [1.82, 2.24) is 0 Å². The van der Waals surface area contributed by atoms with Crippen molar-refractivity contribution >= 4 is 5.69 Å². The molecular formula is C15H22N2O. The van der Waals surface area contributed by atoms with Gasteiger partial charge in [-0.3, -0.25) is 0 Å². The molecule has 0 aromatic heterocycles. The molecule has 1 aromatic rings. The second-order valence-electron chi connectivity index (χ2n) is 4.69. The van der Waals surface area contributed by atoms with Gasteiger partial charge in [0.15, 0.2) is 0 Å². The highest BCUT2D eigenvalue weighted by atomic mass is 16.3. The summed E-state index contributed by atoms with van der Waals surface area (Å²) in [6, 6.07) is 7.60. The van der Waals surface area contributed by atoms with Crippen LogP contribution in [0.5, 0.6) is 0 Å². The van der Waals surface area contributed by atoms with Gasteiger partial charge in [0.25, 0.3) is 0 Å². The first-order valence-electron chi connectivity index (χ1n) is 6.53. The van der Waals surface area contributed by atoms with E-state index in [-0.39, 0.29) is 0 Å². The van der Waals surface area contributed by atoms with Crippen LogP contribution >= 0.6 is 0 Å². The van der Waals surface area contributed by atoms with E-state index in [0.717, 1.165) is 24.2 Å². The molecule has 0 fully saturated rings. The van der Waals surface area contributed by atoms with E-state index in [9.17, 15) is 5.11 Å². The van der Waals surface area contributed by atoms with Crippen LogP contribution < -0.4 is 4.90 Å². The fourth-order valence-electron chi connectivity index (χ4n) is 2.02. The summed E-state index contributed by atoms with van der Waals surface area (Å²) < 4.78 is 0. The van der Waals surface area contributed by atoms with Crippen molar-refractivity contribution in [2.24, 2.45) is 0 Å². The molecule has 0 radical (unpaired) electrons. The van der Waals surface area contributed by atoms with E-state index >= 15 is 0 Å². The summed E-state index contributed by atoms with van der Waals surface area (Å²) in [7, 11) is 2.01. The van der Waals surface area contributed by atoms with Crippen molar-refractivity contribution in [1.29, 1.82) is 5.26 Å². The number of hydrogen-bond donors (Lipinski definition) is 1. The molecule has 0 aliphatic rings. The smallest absolute Gasteiger partial charge is 0.0992 e. The molecule has 1 rings (SSSR count). The molecule has 0 heterocycles. The molecule has 18 heavy (non-hydrogen) atoms. The second-order valence-corrected chi connectivity index (χ2v) is 4.69. The lowest BCUT2D eigenvalue weighted by molar-refractivity contribution is 0.199. The van der Waals surface area contributed by atoms with Gasteiger partial charge in [0.05, 0.1) is 17.7 Å². The Morgan fingerprint density at radius 1 is 1.39 bits per heavy atom. The van der Waals surface area contributed by atoms with Crippen LogP contribution in [0.15, 0.2) is 18.2 Å². The van der Waals surface area contributed by atoms with Gasteiger partial charge in [-0.1, -0.05) is 25.8 Å². The van der Waals surface area contributed by atoms with Gasteiger partial charge in [-0.05, 0) is 25.5 Å². The predicted octanol–water partition coefficient (Wildman–Crippen LogP) is 3.24. The average Bonchev–Trinajstić information content (AvgIpc) is 2.38. The number of aliphatic hydroxyl groups is 1. The van der Waals surface area contributed by atoms with Crippen LogP contribution in [0.4, 0.5) is 5.69 Å². The maximum Gasteiger partial charge on any atom is 0.0992 e. The fourth-order valence-corrected chi connectivity index (χ4v) is 2.02. The van der Waals surface area contributed by atoms with Crippen LogP contribution in [0.25, 0.3) is 0 Å². The first kappa shape index (κ1) is 14.5. The van der Waals surface area contributed by atoms with Gasteiger partial charge in [-0.15, -0.1) is 0 Å². The SMILES string of the molecule is CCCCCN(C)c1cc(C#N)ccc1[C@H](C)O. The van der Waals surface area contributed by atoms with Crippen molar-refractivity contribution in [2.75, 3.05) is 18.5 Å². The summed E-state index contributed by atoms with van der Waals surface area (Å²) in [5.41, 5.74) is 2.48. The zero-order valence-corrected chi connectivity index (χ0v) is 11.5. The summed E-state index contributed by atoms with van der Waals surface area (Å²) in [6.07, 6.45) is 3.01. The summed E-state index contributed by atoms with van der Waals surface area (Å²) in [5, 5.41) is 18.7. The van der Waals surface area contributed by atoms with Crippen molar-refractivity contribution in [3.8, 4) is 6.07 Å². The Kier molecular flexibility index (Phi) is 5.67. The second kappa shape index (κ2) is 7.03. The number of nitriles is 1. The Balaban J connectivity index is 2.93. The molecule has 3 nitrogen and oxygen atoms in total. The van der Waals surface area contributed by atoms with Crippen molar-refractivity contribution in [3.63, 3.8) is 0 Å². The molecule has 0 saturated heterocycles. The molecule has 1 atom stereocenters. The van der Waals surface area contributed by atoms with Gasteiger partial charge < -0.3 is 10.0 Å². The summed E-state index contributed by atoms with van der Waals surface area (Å²) >= 11 is 0. The highest BCUT2D eigenvalue weighted by molar-refractivity contribution is 5.58. The first-order chi connectivity index (χ1) is 8.60. The monoisotopic (exact) mass is 246 g/mol. The molecule has 3 heteroatoms. The van der Waals surface area contributed by atoms with Gasteiger partial charge in [-0.25, -0.2) is 0 Å². The topological polar surface area (TPSA) is 47.3 Å². The Bertz CT molecular complexity index is 421. The van der Waals surface area contributed by atoms with E-state index in [1.165, 1.54) is 12.8 Å². The molecule has 1 N–H and O–H groups in total. The lowest BCUT2D eigenvalue weighted by atomic mass is 10.0. The first-order valence-corrected chi connectivity index (χ1v) is 6.53. The molecule has 0 saturated carbocycles. The standard InChI is InChI=1S/C15H22N2O/c1-4-5-6-9-17(3)15-10-13(11-16)7-8-14(15)12(2)18/h7-8,10,12,18H,4-6,9H2,1-3H3/t12-/m0/s1. The number of anilines is 1. The predicted molar refractivity (Wildman–Crippen MR) is 74.6 cm³/mol. The lowest BCUT2D eigenvalue weighted by Crippen LogP contribution is -2.20. The molecule has 98 valence electrons. The zero-order valence-electron chi connectivity index (χ0n) is 11.5. The van der Waals surface area contributed by atoms with Gasteiger partial charge in [0, 0.05) is 24.8 Å². The van der Waals surface area contributed by atoms with Crippen molar-refractivity contribution in [2.45, 2.75) is 39.2 Å². The van der Waals surface area contributed by atoms with Gasteiger partial charge in [0.1, 0.15) is 0 Å². The normalized spacial score (nSPS) is 11.9. The van der Waals surface area contributed by atoms with Crippen LogP contribution in [0.3, 0.4) is 0 Å². The van der Waals surface area contributed by atoms with E-state index in [2.05, 4.69) is 17.9 Å². The molecule has 0 aliphatic heterocycles. The number of benzene rings is 1. The Labute approximate surface area is 110 Å². The van der Waals surface area contributed by atoms with E-state index in [1.807, 2.05) is 19.2 Å². The average molecular weight is 246 g/mol. The quantitative estimate of drug-likeness (QED) is 0.784. The van der Waals surface area contributed by atoms with Crippen LogP contribution in [0.1, 0.15) is 50.3 Å². The Morgan fingerprint density at radius 3 is 2.67 bits per heavy atom. The highest BCUT2D eigenvalue weighted by Gasteiger charge is 2.12. The summed E-state index contributed by atoms with van der Waals surface area (Å²) in [6.45, 7) is 4.88. The molecule has 0 bridgehead atoms. The van der Waals surface area contributed by atoms with E-state index in [0.29, 0.717) is 5.56 Å². The minimum Gasteiger partial charge on any atom is -0.389 e. The molecule has 0 unspecified atom stereocenters. The fraction of sp³-hybridized carbons (Fsp3) is 0.533. The minimum atomic E-state index is -0.513. The third-order valence-electron chi connectivity index (χ3n) is 3.12. The number of rotatable bonds is 6. The van der Waals surface area contributed by atoms with Crippen LogP contribution in [-0.4, -0.2) is 18.7 Å². The van der Waals surface area contributed by atoms with Gasteiger partial charge in [-0.2, -0.15) is 5.26 Å². The largest absolute Gasteiger partial charge is 0.389 e. The highest BCUT2D eigenvalue weighted by Crippen LogP contribution is 2.27. The molecule has 1 aromatic carbocycles. The van der Waals surface area contributed by atoms with E-state index in [1.54, 1.807) is 13.0 Å². The summed E-state index contributed by atoms with van der Waals surface area (Å²) in [5.74, 6) is 0. The third kappa shape index (κ3) is 3.75. The molecule has 0 amide bonds. The number of nitrogens with zero attached hydrogens (tertiary/aromatic N) is 2. The Hall–Kier alpha value is -1.53. The minimum absolute atomic E-state index is 0.513. The maximum absolute atomic E-state index is 9.78. The van der Waals surface area contributed by atoms with Gasteiger partial charge in [0.2, 0.25) is 0 Å². The van der Waals surface area contributed by atoms with E-state index < -0.39 is 6.10 Å². The number of unbranched alkanes of at least 4 members (excludes halogenated alkanes) is 2. The van der Waals surface area contributed by atoms with Crippen molar-refractivity contribution < 1.29 is 5.11 Å². The van der Waals surface area contributed by atoms with E-state index in [4.69, 9.17) is 5.26 Å². The molecule has 0 spiro atoms. The summed E-state index contributed by atoms with van der Waals surface area (Å²) in [4.78, 5) is 2.12. The van der Waals surface area contributed by atoms with Crippen molar-refractivity contribution in [3.05, 3.63) is 29.3 Å². The Morgan fingerprint density at radius 2 is 2.11 bits per heavy atom. The maximum atomic E-state index is 9.78. The lowest BCUT2D eigenvalue weighted by Gasteiger charge is -2.24. The number of hydrogen-bond acceptors (Lipinski definition) is 3. The van der Waals surface area contributed by atoms with Crippen LogP contribution in [0.2, 0.25) is 0 Å². The molecule has 0 aliphatic carbocycles.